The van der Waals surface area contributed by atoms with E-state index in [-0.39, 0.29) is 0 Å². The molecule has 31 heavy (non-hydrogen) atoms. The SMILES string of the molecule is C/C=C/COc1cc(C)c(OCCCCOc2ccc(CCC=NOC)cc2)c(C)c1. The summed E-state index contributed by atoms with van der Waals surface area (Å²) in [6, 6.07) is 12.3. The number of hydrogen-bond acceptors (Lipinski definition) is 5. The molecule has 0 radical (unpaired) electrons. The van der Waals surface area contributed by atoms with Gasteiger partial charge in [0.1, 0.15) is 31.0 Å². The van der Waals surface area contributed by atoms with Gasteiger partial charge in [-0.25, -0.2) is 0 Å². The maximum atomic E-state index is 6.03. The lowest BCUT2D eigenvalue weighted by molar-refractivity contribution is 0.214. The molecule has 0 heterocycles. The fourth-order valence-corrected chi connectivity index (χ4v) is 3.14. The Labute approximate surface area is 186 Å². The number of nitrogens with zero attached hydrogens (tertiary/aromatic N) is 1. The lowest BCUT2D eigenvalue weighted by Crippen LogP contribution is -2.05. The molecule has 0 aliphatic carbocycles. The molecule has 0 atom stereocenters. The maximum Gasteiger partial charge on any atom is 0.125 e. The Bertz CT molecular complexity index is 805. The first-order valence-electron chi connectivity index (χ1n) is 10.9. The first-order chi connectivity index (χ1) is 15.1. The van der Waals surface area contributed by atoms with E-state index in [0.717, 1.165) is 54.1 Å². The van der Waals surface area contributed by atoms with Crippen LogP contribution in [0.3, 0.4) is 0 Å². The molecule has 0 spiro atoms. The van der Waals surface area contributed by atoms with E-state index in [2.05, 4.69) is 36.0 Å². The average molecular weight is 426 g/mol. The summed E-state index contributed by atoms with van der Waals surface area (Å²) in [5.41, 5.74) is 3.45. The fourth-order valence-electron chi connectivity index (χ4n) is 3.14. The summed E-state index contributed by atoms with van der Waals surface area (Å²) >= 11 is 0. The van der Waals surface area contributed by atoms with Crippen LogP contribution in [-0.2, 0) is 11.3 Å². The average Bonchev–Trinajstić information content (AvgIpc) is 2.76. The van der Waals surface area contributed by atoms with E-state index in [4.69, 9.17) is 14.2 Å². The van der Waals surface area contributed by atoms with Crippen molar-refractivity contribution in [3.63, 3.8) is 0 Å². The molecule has 5 nitrogen and oxygen atoms in total. The van der Waals surface area contributed by atoms with Crippen LogP contribution in [0.5, 0.6) is 17.2 Å². The normalized spacial score (nSPS) is 11.2. The summed E-state index contributed by atoms with van der Waals surface area (Å²) in [6.45, 7) is 8.04. The molecule has 0 amide bonds. The quantitative estimate of drug-likeness (QED) is 0.160. The Balaban J connectivity index is 1.66. The van der Waals surface area contributed by atoms with Gasteiger partial charge in [-0.05, 0) is 87.4 Å². The number of unbranched alkanes of at least 4 members (excludes halogenated alkanes) is 1. The first-order valence-corrected chi connectivity index (χ1v) is 10.9. The molecule has 0 saturated carbocycles. The number of ether oxygens (including phenoxy) is 3. The highest BCUT2D eigenvalue weighted by molar-refractivity contribution is 5.56. The molecule has 0 saturated heterocycles. The van der Waals surface area contributed by atoms with Crippen molar-refractivity contribution in [2.24, 2.45) is 5.16 Å². The maximum absolute atomic E-state index is 6.03. The topological polar surface area (TPSA) is 49.3 Å². The Morgan fingerprint density at radius 2 is 1.55 bits per heavy atom. The Morgan fingerprint density at radius 1 is 0.871 bits per heavy atom. The van der Waals surface area contributed by atoms with Crippen molar-refractivity contribution in [3.8, 4) is 17.2 Å². The number of rotatable bonds is 14. The number of hydrogen-bond donors (Lipinski definition) is 0. The van der Waals surface area contributed by atoms with E-state index in [1.165, 1.54) is 5.56 Å². The molecule has 0 aromatic heterocycles. The van der Waals surface area contributed by atoms with Gasteiger partial charge in [0.25, 0.3) is 0 Å². The van der Waals surface area contributed by atoms with E-state index in [0.29, 0.717) is 19.8 Å². The highest BCUT2D eigenvalue weighted by Gasteiger charge is 2.07. The molecule has 0 N–H and O–H groups in total. The predicted octanol–water partition coefficient (Wildman–Crippen LogP) is 6.06. The molecule has 2 rings (SSSR count). The van der Waals surface area contributed by atoms with Gasteiger partial charge < -0.3 is 19.0 Å². The van der Waals surface area contributed by atoms with Crippen molar-refractivity contribution in [2.75, 3.05) is 26.9 Å². The third kappa shape index (κ3) is 9.16. The summed E-state index contributed by atoms with van der Waals surface area (Å²) in [4.78, 5) is 4.66. The van der Waals surface area contributed by atoms with Gasteiger partial charge in [0.05, 0.1) is 13.2 Å². The molecule has 2 aromatic rings. The van der Waals surface area contributed by atoms with E-state index >= 15 is 0 Å². The first kappa shape index (κ1) is 24.3. The van der Waals surface area contributed by atoms with Gasteiger partial charge in [0.2, 0.25) is 0 Å². The fraction of sp³-hybridized carbons (Fsp3) is 0.423. The van der Waals surface area contributed by atoms with Crippen molar-refractivity contribution in [1.82, 2.24) is 0 Å². The van der Waals surface area contributed by atoms with Crippen LogP contribution < -0.4 is 14.2 Å². The molecule has 0 aliphatic rings. The Morgan fingerprint density at radius 3 is 2.19 bits per heavy atom. The molecular weight excluding hydrogens is 390 g/mol. The van der Waals surface area contributed by atoms with Gasteiger partial charge in [-0.15, -0.1) is 0 Å². The zero-order valence-corrected chi connectivity index (χ0v) is 19.2. The van der Waals surface area contributed by atoms with Crippen LogP contribution >= 0.6 is 0 Å². The van der Waals surface area contributed by atoms with E-state index in [9.17, 15) is 0 Å². The standard InChI is InChI=1S/C26H35NO4/c1-5-6-16-30-25-19-21(2)26(22(3)20-25)31-18-8-7-17-29-24-13-11-23(12-14-24)10-9-15-27-28-4/h5-6,11-15,19-20H,7-10,16-18H2,1-4H3/b6-5+,27-15?. The minimum Gasteiger partial charge on any atom is -0.494 e. The summed E-state index contributed by atoms with van der Waals surface area (Å²) < 4.78 is 17.6. The van der Waals surface area contributed by atoms with Crippen LogP contribution in [-0.4, -0.2) is 33.1 Å². The third-order valence-corrected chi connectivity index (χ3v) is 4.73. The molecule has 0 fully saturated rings. The summed E-state index contributed by atoms with van der Waals surface area (Å²) in [5, 5.41) is 3.75. The summed E-state index contributed by atoms with van der Waals surface area (Å²) in [6.07, 6.45) is 9.43. The lowest BCUT2D eigenvalue weighted by atomic mass is 10.1. The van der Waals surface area contributed by atoms with Gasteiger partial charge >= 0.3 is 0 Å². The van der Waals surface area contributed by atoms with Crippen LogP contribution in [0.2, 0.25) is 0 Å². The van der Waals surface area contributed by atoms with E-state index in [1.807, 2.05) is 43.3 Å². The van der Waals surface area contributed by atoms with Crippen molar-refractivity contribution in [3.05, 3.63) is 65.2 Å². The Hall–Kier alpha value is -2.95. The van der Waals surface area contributed by atoms with Crippen LogP contribution in [0.15, 0.2) is 53.7 Å². The molecule has 168 valence electrons. The minimum absolute atomic E-state index is 0.585. The molecule has 5 heteroatoms. The number of aryl methyl sites for hydroxylation is 3. The van der Waals surface area contributed by atoms with Crippen molar-refractivity contribution >= 4 is 6.21 Å². The van der Waals surface area contributed by atoms with Crippen LogP contribution in [0.25, 0.3) is 0 Å². The molecule has 0 aliphatic heterocycles. The summed E-state index contributed by atoms with van der Waals surface area (Å²) in [5.74, 6) is 2.73. The van der Waals surface area contributed by atoms with E-state index < -0.39 is 0 Å². The number of allylic oxidation sites excluding steroid dienone is 1. The predicted molar refractivity (Wildman–Crippen MR) is 127 cm³/mol. The molecule has 0 bridgehead atoms. The zero-order valence-electron chi connectivity index (χ0n) is 19.2. The van der Waals surface area contributed by atoms with Gasteiger partial charge in [-0.3, -0.25) is 0 Å². The highest BCUT2D eigenvalue weighted by atomic mass is 16.6. The van der Waals surface area contributed by atoms with Crippen molar-refractivity contribution in [2.45, 2.75) is 46.5 Å². The highest BCUT2D eigenvalue weighted by Crippen LogP contribution is 2.28. The van der Waals surface area contributed by atoms with E-state index in [1.54, 1.807) is 13.3 Å². The van der Waals surface area contributed by atoms with Gasteiger partial charge in [0, 0.05) is 6.21 Å². The number of benzene rings is 2. The monoisotopic (exact) mass is 425 g/mol. The largest absolute Gasteiger partial charge is 0.494 e. The minimum atomic E-state index is 0.585. The molecule has 0 unspecified atom stereocenters. The van der Waals surface area contributed by atoms with Crippen LogP contribution in [0.1, 0.15) is 42.9 Å². The van der Waals surface area contributed by atoms with Crippen LogP contribution in [0.4, 0.5) is 0 Å². The lowest BCUT2D eigenvalue weighted by Gasteiger charge is -2.14. The Kier molecular flexibility index (Phi) is 11.1. The van der Waals surface area contributed by atoms with Crippen LogP contribution in [0, 0.1) is 13.8 Å². The third-order valence-electron chi connectivity index (χ3n) is 4.73. The second kappa shape index (κ2) is 14.1. The van der Waals surface area contributed by atoms with Gasteiger partial charge in [0.15, 0.2) is 0 Å². The molecular formula is C26H35NO4. The second-order valence-corrected chi connectivity index (χ2v) is 7.32. The zero-order chi connectivity index (χ0) is 22.3. The van der Waals surface area contributed by atoms with Crippen molar-refractivity contribution in [1.29, 1.82) is 0 Å². The second-order valence-electron chi connectivity index (χ2n) is 7.32. The smallest absolute Gasteiger partial charge is 0.125 e. The molecule has 2 aromatic carbocycles. The van der Waals surface area contributed by atoms with Gasteiger partial charge in [-0.2, -0.15) is 0 Å². The van der Waals surface area contributed by atoms with Gasteiger partial charge in [-0.1, -0.05) is 29.4 Å². The summed E-state index contributed by atoms with van der Waals surface area (Å²) in [7, 11) is 1.55. The van der Waals surface area contributed by atoms with Crippen molar-refractivity contribution < 1.29 is 19.0 Å². The number of oxime groups is 1.